The topological polar surface area (TPSA) is 20.3 Å². The van der Waals surface area contributed by atoms with E-state index in [0.717, 1.165) is 19.4 Å². The van der Waals surface area contributed by atoms with Crippen LogP contribution in [0.2, 0.25) is 0 Å². The molecule has 0 saturated carbocycles. The minimum Gasteiger partial charge on any atom is -0.335 e. The first-order valence-electron chi connectivity index (χ1n) is 8.99. The van der Waals surface area contributed by atoms with Gasteiger partial charge in [0.1, 0.15) is 0 Å². The van der Waals surface area contributed by atoms with Crippen LogP contribution in [-0.2, 0) is 11.2 Å². The maximum atomic E-state index is 12.3. The molecule has 1 aliphatic rings. The van der Waals surface area contributed by atoms with Gasteiger partial charge in [-0.3, -0.25) is 4.79 Å². The molecular formula is C22H27NO. The molecule has 1 amide bonds. The Labute approximate surface area is 145 Å². The zero-order valence-electron chi connectivity index (χ0n) is 15.0. The van der Waals surface area contributed by atoms with Crippen LogP contribution in [0.4, 0.5) is 0 Å². The molecule has 0 bridgehead atoms. The molecule has 1 atom stereocenters. The molecule has 1 fully saturated rings. The number of likely N-dealkylation sites (tertiary alicyclic amines) is 1. The van der Waals surface area contributed by atoms with E-state index >= 15 is 0 Å². The van der Waals surface area contributed by atoms with Gasteiger partial charge in [-0.1, -0.05) is 67.9 Å². The van der Waals surface area contributed by atoms with Crippen molar-refractivity contribution in [2.45, 2.75) is 52.0 Å². The Morgan fingerprint density at radius 1 is 1.04 bits per heavy atom. The van der Waals surface area contributed by atoms with Gasteiger partial charge in [0.05, 0.1) is 6.04 Å². The summed E-state index contributed by atoms with van der Waals surface area (Å²) in [5.74, 6) is 0.835. The van der Waals surface area contributed by atoms with E-state index < -0.39 is 0 Å². The van der Waals surface area contributed by atoms with Gasteiger partial charge < -0.3 is 4.90 Å². The molecule has 0 spiro atoms. The molecule has 0 unspecified atom stereocenters. The summed E-state index contributed by atoms with van der Waals surface area (Å²) in [6.07, 6.45) is 2.53. The fourth-order valence-electron chi connectivity index (χ4n) is 3.47. The Hall–Kier alpha value is -2.09. The van der Waals surface area contributed by atoms with Crippen LogP contribution in [0.15, 0.2) is 48.5 Å². The Balaban J connectivity index is 1.70. The van der Waals surface area contributed by atoms with Crippen LogP contribution in [-0.4, -0.2) is 17.4 Å². The summed E-state index contributed by atoms with van der Waals surface area (Å²) in [6, 6.07) is 17.7. The lowest BCUT2D eigenvalue weighted by molar-refractivity contribution is -0.129. The first-order valence-corrected chi connectivity index (χ1v) is 8.99. The van der Waals surface area contributed by atoms with Gasteiger partial charge >= 0.3 is 0 Å². The van der Waals surface area contributed by atoms with Crippen molar-refractivity contribution < 1.29 is 4.79 Å². The standard InChI is InChI=1S/C22H27NO/c1-16(2)19-8-10-20(11-9-19)21-12-13-22(24)23(21)15-14-18-6-4-17(3)5-7-18/h4-11,16,21H,12-15H2,1-3H3/t21-/m0/s1. The Morgan fingerprint density at radius 3 is 2.33 bits per heavy atom. The molecule has 2 nitrogen and oxygen atoms in total. The SMILES string of the molecule is Cc1ccc(CCN2C(=O)CC[C@H]2c2ccc(C(C)C)cc2)cc1. The van der Waals surface area contributed by atoms with E-state index in [9.17, 15) is 4.79 Å². The number of nitrogens with zero attached hydrogens (tertiary/aromatic N) is 1. The largest absolute Gasteiger partial charge is 0.335 e. The summed E-state index contributed by atoms with van der Waals surface area (Å²) >= 11 is 0. The van der Waals surface area contributed by atoms with E-state index in [1.165, 1.54) is 22.3 Å². The van der Waals surface area contributed by atoms with Crippen LogP contribution >= 0.6 is 0 Å². The van der Waals surface area contributed by atoms with Crippen LogP contribution in [0, 0.1) is 6.92 Å². The van der Waals surface area contributed by atoms with Crippen LogP contribution in [0.5, 0.6) is 0 Å². The maximum absolute atomic E-state index is 12.3. The zero-order valence-corrected chi connectivity index (χ0v) is 15.0. The maximum Gasteiger partial charge on any atom is 0.223 e. The highest BCUT2D eigenvalue weighted by Crippen LogP contribution is 2.33. The number of rotatable bonds is 5. The summed E-state index contributed by atoms with van der Waals surface area (Å²) in [5.41, 5.74) is 5.21. The number of carbonyl (C=O) groups excluding carboxylic acids is 1. The second-order valence-corrected chi connectivity index (χ2v) is 7.20. The van der Waals surface area contributed by atoms with Crippen molar-refractivity contribution in [2.75, 3.05) is 6.54 Å². The van der Waals surface area contributed by atoms with Crippen LogP contribution in [0.25, 0.3) is 0 Å². The lowest BCUT2D eigenvalue weighted by Gasteiger charge is -2.25. The molecule has 1 saturated heterocycles. The average Bonchev–Trinajstić information content (AvgIpc) is 2.95. The summed E-state index contributed by atoms with van der Waals surface area (Å²) in [6.45, 7) is 7.33. The number of hydrogen-bond donors (Lipinski definition) is 0. The van der Waals surface area contributed by atoms with Gasteiger partial charge in [-0.05, 0) is 42.4 Å². The van der Waals surface area contributed by atoms with E-state index in [0.29, 0.717) is 18.2 Å². The highest BCUT2D eigenvalue weighted by atomic mass is 16.2. The third kappa shape index (κ3) is 3.69. The molecule has 0 aliphatic carbocycles. The fraction of sp³-hybridized carbons (Fsp3) is 0.409. The molecule has 2 aromatic carbocycles. The number of hydrogen-bond acceptors (Lipinski definition) is 1. The molecule has 3 rings (SSSR count). The van der Waals surface area contributed by atoms with Gasteiger partial charge in [-0.25, -0.2) is 0 Å². The van der Waals surface area contributed by atoms with Crippen molar-refractivity contribution in [3.05, 3.63) is 70.8 Å². The molecule has 126 valence electrons. The average molecular weight is 321 g/mol. The quantitative estimate of drug-likeness (QED) is 0.757. The lowest BCUT2D eigenvalue weighted by Crippen LogP contribution is -2.29. The predicted octanol–water partition coefficient (Wildman–Crippen LogP) is 5.02. The third-order valence-electron chi connectivity index (χ3n) is 5.08. The van der Waals surface area contributed by atoms with Crippen molar-refractivity contribution >= 4 is 5.91 Å². The Bertz CT molecular complexity index is 685. The van der Waals surface area contributed by atoms with E-state index in [1.54, 1.807) is 0 Å². The van der Waals surface area contributed by atoms with Gasteiger partial charge in [-0.2, -0.15) is 0 Å². The molecule has 2 heteroatoms. The van der Waals surface area contributed by atoms with Crippen molar-refractivity contribution in [3.63, 3.8) is 0 Å². The third-order valence-corrected chi connectivity index (χ3v) is 5.08. The first kappa shape index (κ1) is 16.8. The zero-order chi connectivity index (χ0) is 17.1. The fourth-order valence-corrected chi connectivity index (χ4v) is 3.47. The molecule has 1 aliphatic heterocycles. The molecule has 2 aromatic rings. The summed E-state index contributed by atoms with van der Waals surface area (Å²) in [4.78, 5) is 14.4. The monoisotopic (exact) mass is 321 g/mol. The van der Waals surface area contributed by atoms with Gasteiger partial charge in [0.25, 0.3) is 0 Å². The minimum absolute atomic E-state index is 0.240. The molecule has 1 heterocycles. The van der Waals surface area contributed by atoms with Gasteiger partial charge in [-0.15, -0.1) is 0 Å². The lowest BCUT2D eigenvalue weighted by atomic mass is 9.98. The van der Waals surface area contributed by atoms with Crippen LogP contribution in [0.3, 0.4) is 0 Å². The summed E-state index contributed by atoms with van der Waals surface area (Å²) < 4.78 is 0. The van der Waals surface area contributed by atoms with Crippen molar-refractivity contribution in [1.82, 2.24) is 4.90 Å². The van der Waals surface area contributed by atoms with E-state index in [2.05, 4.69) is 74.2 Å². The van der Waals surface area contributed by atoms with E-state index in [4.69, 9.17) is 0 Å². The highest BCUT2D eigenvalue weighted by Gasteiger charge is 2.31. The molecule has 0 aromatic heterocycles. The molecule has 0 N–H and O–H groups in total. The second-order valence-electron chi connectivity index (χ2n) is 7.20. The summed E-state index contributed by atoms with van der Waals surface area (Å²) in [5, 5.41) is 0. The summed E-state index contributed by atoms with van der Waals surface area (Å²) in [7, 11) is 0. The Morgan fingerprint density at radius 2 is 1.71 bits per heavy atom. The molecular weight excluding hydrogens is 294 g/mol. The number of benzene rings is 2. The molecule has 0 radical (unpaired) electrons. The normalized spacial score (nSPS) is 17.8. The predicted molar refractivity (Wildman–Crippen MR) is 99.1 cm³/mol. The number of carbonyl (C=O) groups is 1. The van der Waals surface area contributed by atoms with Gasteiger partial charge in [0, 0.05) is 13.0 Å². The van der Waals surface area contributed by atoms with Crippen LogP contribution < -0.4 is 0 Å². The van der Waals surface area contributed by atoms with E-state index in [-0.39, 0.29) is 6.04 Å². The minimum atomic E-state index is 0.240. The number of amides is 1. The first-order chi connectivity index (χ1) is 11.5. The van der Waals surface area contributed by atoms with Crippen molar-refractivity contribution in [3.8, 4) is 0 Å². The van der Waals surface area contributed by atoms with Crippen molar-refractivity contribution in [1.29, 1.82) is 0 Å². The van der Waals surface area contributed by atoms with Gasteiger partial charge in [0.2, 0.25) is 5.91 Å². The molecule has 24 heavy (non-hydrogen) atoms. The van der Waals surface area contributed by atoms with Crippen LogP contribution in [0.1, 0.15) is 60.9 Å². The second kappa shape index (κ2) is 7.21. The van der Waals surface area contributed by atoms with Crippen molar-refractivity contribution in [2.24, 2.45) is 0 Å². The van der Waals surface area contributed by atoms with E-state index in [1.807, 2.05) is 0 Å². The number of aryl methyl sites for hydroxylation is 1. The smallest absolute Gasteiger partial charge is 0.223 e. The highest BCUT2D eigenvalue weighted by molar-refractivity contribution is 5.79. The Kier molecular flexibility index (Phi) is 5.03. The van der Waals surface area contributed by atoms with Gasteiger partial charge in [0.15, 0.2) is 0 Å².